The van der Waals surface area contributed by atoms with Crippen LogP contribution in [0.5, 0.6) is 0 Å². The van der Waals surface area contributed by atoms with Crippen molar-refractivity contribution < 1.29 is 0 Å². The molecule has 3 rings (SSSR count). The van der Waals surface area contributed by atoms with Gasteiger partial charge in [0.15, 0.2) is 16.1 Å². The Labute approximate surface area is 144 Å². The lowest BCUT2D eigenvalue weighted by molar-refractivity contribution is 0.794. The third kappa shape index (κ3) is 2.71. The normalized spacial score (nSPS) is 10.6. The monoisotopic (exact) mass is 367 g/mol. The van der Waals surface area contributed by atoms with E-state index in [1.54, 1.807) is 6.07 Å². The molecule has 0 saturated heterocycles. The molecule has 2 aromatic heterocycles. The van der Waals surface area contributed by atoms with Crippen LogP contribution in [0.3, 0.4) is 0 Å². The Hall–Kier alpha value is -1.59. The van der Waals surface area contributed by atoms with Crippen LogP contribution in [0.1, 0.15) is 5.56 Å². The quantitative estimate of drug-likeness (QED) is 0.691. The topological polar surface area (TPSA) is 67.4 Å². The average molecular weight is 368 g/mol. The molecule has 1 aromatic carbocycles. The van der Waals surface area contributed by atoms with Crippen LogP contribution in [0.15, 0.2) is 33.6 Å². The molecule has 0 aliphatic carbocycles. The lowest BCUT2D eigenvalue weighted by atomic mass is 10.2. The summed E-state index contributed by atoms with van der Waals surface area (Å²) in [4.78, 5) is 0. The Kier molecular flexibility index (Phi) is 4.36. The number of halogens is 2. The summed E-state index contributed by atoms with van der Waals surface area (Å²) in [6.07, 6.45) is 0. The number of hydrogen-bond donors (Lipinski definition) is 0. The molecule has 0 bridgehead atoms. The van der Waals surface area contributed by atoms with Gasteiger partial charge in [0.05, 0.1) is 5.02 Å². The molecule has 3 aromatic rings. The van der Waals surface area contributed by atoms with E-state index in [1.165, 1.54) is 11.8 Å². The minimum absolute atomic E-state index is 0.212. The van der Waals surface area contributed by atoms with E-state index in [9.17, 15) is 0 Å². The van der Waals surface area contributed by atoms with Gasteiger partial charge in [0.1, 0.15) is 15.8 Å². The van der Waals surface area contributed by atoms with Gasteiger partial charge in [-0.1, -0.05) is 35.3 Å². The van der Waals surface area contributed by atoms with E-state index in [0.29, 0.717) is 25.8 Å². The minimum atomic E-state index is 0.212. The highest BCUT2D eigenvalue weighted by Gasteiger charge is 2.18. The van der Waals surface area contributed by atoms with Crippen molar-refractivity contribution in [2.45, 2.75) is 9.37 Å². The van der Waals surface area contributed by atoms with Crippen LogP contribution in [0.4, 0.5) is 0 Å². The Balaban J connectivity index is 1.98. The van der Waals surface area contributed by atoms with Crippen molar-refractivity contribution in [2.75, 3.05) is 0 Å². The lowest BCUT2D eigenvalue weighted by Gasteiger charge is -2.04. The number of aromatic nitrogens is 4. The molecule has 0 spiro atoms. The van der Waals surface area contributed by atoms with Crippen molar-refractivity contribution in [3.05, 3.63) is 40.0 Å². The fraction of sp³-hybridized carbons (Fsp3) is 0.0769. The molecule has 2 heterocycles. The molecule has 22 heavy (non-hydrogen) atoms. The second-order valence-electron chi connectivity index (χ2n) is 4.19. The van der Waals surface area contributed by atoms with Crippen LogP contribution in [0.25, 0.3) is 11.4 Å². The fourth-order valence-electron chi connectivity index (χ4n) is 1.78. The highest BCUT2D eigenvalue weighted by molar-refractivity contribution is 8.01. The van der Waals surface area contributed by atoms with Crippen molar-refractivity contribution in [2.24, 2.45) is 7.05 Å². The summed E-state index contributed by atoms with van der Waals surface area (Å²) >= 11 is 14.5. The van der Waals surface area contributed by atoms with Gasteiger partial charge in [0.2, 0.25) is 0 Å². The predicted molar refractivity (Wildman–Crippen MR) is 87.4 cm³/mol. The first-order valence-electron chi connectivity index (χ1n) is 5.99. The molecule has 0 aliphatic rings. The highest BCUT2D eigenvalue weighted by atomic mass is 35.5. The van der Waals surface area contributed by atoms with Crippen molar-refractivity contribution in [3.63, 3.8) is 0 Å². The summed E-state index contributed by atoms with van der Waals surface area (Å²) in [5, 5.41) is 18.9. The van der Waals surface area contributed by atoms with Crippen LogP contribution < -0.4 is 0 Å². The van der Waals surface area contributed by atoms with Gasteiger partial charge in [0, 0.05) is 12.6 Å². The van der Waals surface area contributed by atoms with E-state index < -0.39 is 0 Å². The molecule has 0 amide bonds. The number of benzene rings is 1. The summed E-state index contributed by atoms with van der Waals surface area (Å²) in [5.74, 6) is 0.655. The van der Waals surface area contributed by atoms with E-state index in [4.69, 9.17) is 28.5 Å². The minimum Gasteiger partial charge on any atom is -0.305 e. The molecule has 9 heteroatoms. The fourth-order valence-corrected chi connectivity index (χ4v) is 4.04. The summed E-state index contributed by atoms with van der Waals surface area (Å²) in [7, 11) is 1.84. The molecule has 5 nitrogen and oxygen atoms in total. The van der Waals surface area contributed by atoms with Crippen LogP contribution in [-0.2, 0) is 7.05 Å². The number of nitrogens with zero attached hydrogens (tertiary/aromatic N) is 5. The second kappa shape index (κ2) is 6.26. The Morgan fingerprint density at radius 3 is 2.77 bits per heavy atom. The molecule has 0 saturated carbocycles. The van der Waals surface area contributed by atoms with Crippen LogP contribution >= 0.6 is 46.5 Å². The maximum atomic E-state index is 9.11. The summed E-state index contributed by atoms with van der Waals surface area (Å²) in [6.45, 7) is 0. The third-order valence-corrected chi connectivity index (χ3v) is 5.61. The zero-order valence-electron chi connectivity index (χ0n) is 11.1. The van der Waals surface area contributed by atoms with Gasteiger partial charge >= 0.3 is 0 Å². The van der Waals surface area contributed by atoms with Crippen molar-refractivity contribution in [1.29, 1.82) is 5.26 Å². The Morgan fingerprint density at radius 1 is 1.27 bits per heavy atom. The maximum Gasteiger partial charge on any atom is 0.196 e. The van der Waals surface area contributed by atoms with Gasteiger partial charge in [-0.15, -0.1) is 10.2 Å². The van der Waals surface area contributed by atoms with Crippen molar-refractivity contribution >= 4 is 46.5 Å². The molecule has 0 atom stereocenters. The molecule has 0 aliphatic heterocycles. The molecule has 110 valence electrons. The third-order valence-electron chi connectivity index (χ3n) is 2.86. The van der Waals surface area contributed by atoms with Crippen molar-refractivity contribution in [1.82, 2.24) is 19.1 Å². The number of hydrogen-bond acceptors (Lipinski definition) is 6. The van der Waals surface area contributed by atoms with Crippen molar-refractivity contribution in [3.8, 4) is 17.5 Å². The van der Waals surface area contributed by atoms with Gasteiger partial charge in [-0.25, -0.2) is 0 Å². The molecular weight excluding hydrogens is 361 g/mol. The van der Waals surface area contributed by atoms with E-state index in [-0.39, 0.29) is 5.15 Å². The zero-order chi connectivity index (χ0) is 15.7. The Bertz CT molecular complexity index is 881. The first-order chi connectivity index (χ1) is 10.6. The second-order valence-corrected chi connectivity index (χ2v) is 6.97. The zero-order valence-corrected chi connectivity index (χ0v) is 14.3. The van der Waals surface area contributed by atoms with Crippen LogP contribution in [0, 0.1) is 11.3 Å². The van der Waals surface area contributed by atoms with E-state index in [2.05, 4.69) is 14.6 Å². The largest absolute Gasteiger partial charge is 0.305 e. The maximum absolute atomic E-state index is 9.11. The first kappa shape index (κ1) is 15.3. The molecule has 0 N–H and O–H groups in total. The molecular formula is C13H7Cl2N5S2. The van der Waals surface area contributed by atoms with E-state index in [1.807, 2.05) is 35.9 Å². The number of nitriles is 1. The van der Waals surface area contributed by atoms with Gasteiger partial charge in [-0.3, -0.25) is 0 Å². The average Bonchev–Trinajstić information content (AvgIpc) is 3.04. The van der Waals surface area contributed by atoms with E-state index in [0.717, 1.165) is 17.1 Å². The molecule has 0 unspecified atom stereocenters. The van der Waals surface area contributed by atoms with E-state index >= 15 is 0 Å². The first-order valence-corrected chi connectivity index (χ1v) is 8.33. The SMILES string of the molecule is Cn1c(Sc2snc(Cl)c2C#N)nnc1-c1ccccc1Cl. The summed E-state index contributed by atoms with van der Waals surface area (Å²) in [6, 6.07) is 9.47. The van der Waals surface area contributed by atoms with Gasteiger partial charge in [0.25, 0.3) is 0 Å². The highest BCUT2D eigenvalue weighted by Crippen LogP contribution is 2.37. The smallest absolute Gasteiger partial charge is 0.196 e. The number of rotatable bonds is 3. The lowest BCUT2D eigenvalue weighted by Crippen LogP contribution is -1.95. The molecule has 0 radical (unpaired) electrons. The van der Waals surface area contributed by atoms with Gasteiger partial charge in [-0.05, 0) is 35.4 Å². The molecule has 0 fully saturated rings. The van der Waals surface area contributed by atoms with Crippen LogP contribution in [0.2, 0.25) is 10.2 Å². The Morgan fingerprint density at radius 2 is 2.05 bits per heavy atom. The van der Waals surface area contributed by atoms with Gasteiger partial charge < -0.3 is 4.57 Å². The predicted octanol–water partition coefficient (Wildman–Crippen LogP) is 4.27. The van der Waals surface area contributed by atoms with Crippen LogP contribution in [-0.4, -0.2) is 19.1 Å². The summed E-state index contributed by atoms with van der Waals surface area (Å²) in [5.41, 5.74) is 1.16. The van der Waals surface area contributed by atoms with Gasteiger partial charge in [-0.2, -0.15) is 9.64 Å². The summed E-state index contributed by atoms with van der Waals surface area (Å²) < 4.78 is 6.49. The standard InChI is InChI=1S/C13H7Cl2N5S2/c1-20-11(7-4-2-3-5-9(7)14)17-18-13(20)21-12-8(6-16)10(15)19-22-12/h2-5H,1H3.